The average molecular weight is 245 g/mol. The van der Waals surface area contributed by atoms with Crippen LogP contribution in [-0.4, -0.2) is 28.7 Å². The van der Waals surface area contributed by atoms with Gasteiger partial charge in [-0.25, -0.2) is 4.39 Å². The summed E-state index contributed by atoms with van der Waals surface area (Å²) in [5.74, 6) is -0.0739. The Morgan fingerprint density at radius 3 is 2.69 bits per heavy atom. The molecule has 5 heteroatoms. The van der Waals surface area contributed by atoms with Crippen molar-refractivity contribution in [3.63, 3.8) is 0 Å². The van der Waals surface area contributed by atoms with Crippen LogP contribution in [0.1, 0.15) is 18.5 Å². The lowest BCUT2D eigenvalue weighted by molar-refractivity contribution is 0.113. The van der Waals surface area contributed by atoms with Crippen molar-refractivity contribution in [1.29, 1.82) is 0 Å². The minimum Gasteiger partial charge on any atom is -0.394 e. The molecule has 1 rings (SSSR count). The number of aliphatic hydroxyl groups is 2. The maximum atomic E-state index is 13.5. The zero-order valence-electron chi connectivity index (χ0n) is 9.06. The van der Waals surface area contributed by atoms with E-state index in [9.17, 15) is 4.39 Å². The Hall–Kier alpha value is -0.620. The quantitative estimate of drug-likeness (QED) is 0.684. The summed E-state index contributed by atoms with van der Waals surface area (Å²) in [6.45, 7) is 1.48. The first-order valence-electron chi connectivity index (χ1n) is 5.01. The van der Waals surface area contributed by atoms with Crippen LogP contribution >= 0.6 is 11.8 Å². The van der Waals surface area contributed by atoms with Gasteiger partial charge >= 0.3 is 0 Å². The van der Waals surface area contributed by atoms with Crippen molar-refractivity contribution < 1.29 is 14.6 Å². The van der Waals surface area contributed by atoms with Gasteiger partial charge in [0.15, 0.2) is 0 Å². The standard InChI is InChI=1S/C11H16FNO2S/c1-7(13)8-2-3-11(10(12)4-8)16-6-9(15)5-14/h2-4,7,9,14-15H,5-6,13H2,1H3/t7-,9?/m1/s1. The summed E-state index contributed by atoms with van der Waals surface area (Å²) >= 11 is 1.17. The summed E-state index contributed by atoms with van der Waals surface area (Å²) in [5, 5.41) is 17.8. The molecule has 4 N–H and O–H groups in total. The Kier molecular flexibility index (Phi) is 5.21. The molecule has 0 spiro atoms. The van der Waals surface area contributed by atoms with Crippen LogP contribution in [0.15, 0.2) is 23.1 Å². The number of aliphatic hydroxyl groups excluding tert-OH is 2. The Morgan fingerprint density at radius 2 is 2.19 bits per heavy atom. The molecule has 1 unspecified atom stereocenters. The van der Waals surface area contributed by atoms with Gasteiger partial charge in [0.25, 0.3) is 0 Å². The Morgan fingerprint density at radius 1 is 1.50 bits per heavy atom. The van der Waals surface area contributed by atoms with E-state index in [-0.39, 0.29) is 24.2 Å². The van der Waals surface area contributed by atoms with Gasteiger partial charge in [0.1, 0.15) is 5.82 Å². The maximum Gasteiger partial charge on any atom is 0.137 e. The lowest BCUT2D eigenvalue weighted by atomic mass is 10.1. The zero-order valence-corrected chi connectivity index (χ0v) is 9.88. The van der Waals surface area contributed by atoms with Gasteiger partial charge in [-0.05, 0) is 24.6 Å². The number of thioether (sulfide) groups is 1. The SMILES string of the molecule is C[C@@H](N)c1ccc(SCC(O)CO)c(F)c1. The molecule has 1 aromatic carbocycles. The third kappa shape index (κ3) is 3.75. The average Bonchev–Trinajstić information content (AvgIpc) is 2.26. The van der Waals surface area contributed by atoms with E-state index in [1.165, 1.54) is 17.8 Å². The summed E-state index contributed by atoms with van der Waals surface area (Å²) in [6, 6.07) is 4.61. The summed E-state index contributed by atoms with van der Waals surface area (Å²) in [4.78, 5) is 0.455. The van der Waals surface area contributed by atoms with Gasteiger partial charge in [-0.15, -0.1) is 11.8 Å². The molecule has 3 nitrogen and oxygen atoms in total. The van der Waals surface area contributed by atoms with Crippen LogP contribution in [0, 0.1) is 5.82 Å². The molecule has 0 radical (unpaired) electrons. The maximum absolute atomic E-state index is 13.5. The molecule has 0 aliphatic heterocycles. The van der Waals surface area contributed by atoms with E-state index in [1.54, 1.807) is 19.1 Å². The van der Waals surface area contributed by atoms with Gasteiger partial charge in [0.05, 0.1) is 12.7 Å². The molecular weight excluding hydrogens is 229 g/mol. The predicted octanol–water partition coefficient (Wildman–Crippen LogP) is 1.29. The molecule has 2 atom stereocenters. The molecule has 0 fully saturated rings. The van der Waals surface area contributed by atoms with Gasteiger partial charge < -0.3 is 15.9 Å². The minimum absolute atomic E-state index is 0.198. The summed E-state index contributed by atoms with van der Waals surface area (Å²) < 4.78 is 13.5. The van der Waals surface area contributed by atoms with Gasteiger partial charge in [0.2, 0.25) is 0 Å². The van der Waals surface area contributed by atoms with E-state index in [0.29, 0.717) is 4.90 Å². The van der Waals surface area contributed by atoms with E-state index in [2.05, 4.69) is 0 Å². The lowest BCUT2D eigenvalue weighted by Crippen LogP contribution is -2.14. The second-order valence-corrected chi connectivity index (χ2v) is 4.69. The highest BCUT2D eigenvalue weighted by atomic mass is 32.2. The van der Waals surface area contributed by atoms with E-state index >= 15 is 0 Å². The molecule has 0 aliphatic carbocycles. The third-order valence-corrected chi connectivity index (χ3v) is 3.32. The Balaban J connectivity index is 2.68. The fourth-order valence-corrected chi connectivity index (χ4v) is 1.99. The lowest BCUT2D eigenvalue weighted by Gasteiger charge is -2.10. The van der Waals surface area contributed by atoms with Crippen LogP contribution in [0.5, 0.6) is 0 Å². The molecular formula is C11H16FNO2S. The molecule has 1 aromatic rings. The zero-order chi connectivity index (χ0) is 12.1. The van der Waals surface area contributed by atoms with Crippen LogP contribution in [0.4, 0.5) is 4.39 Å². The fourth-order valence-electron chi connectivity index (χ4n) is 1.16. The number of hydrogen-bond acceptors (Lipinski definition) is 4. The van der Waals surface area contributed by atoms with Crippen LogP contribution in [0.25, 0.3) is 0 Å². The highest BCUT2D eigenvalue weighted by Gasteiger charge is 2.09. The number of benzene rings is 1. The van der Waals surface area contributed by atoms with Crippen LogP contribution in [0.2, 0.25) is 0 Å². The van der Waals surface area contributed by atoms with Gasteiger partial charge in [-0.1, -0.05) is 6.07 Å². The van der Waals surface area contributed by atoms with E-state index < -0.39 is 6.10 Å². The van der Waals surface area contributed by atoms with Crippen molar-refractivity contribution in [2.45, 2.75) is 24.0 Å². The highest BCUT2D eigenvalue weighted by Crippen LogP contribution is 2.24. The van der Waals surface area contributed by atoms with Gasteiger partial charge in [-0.3, -0.25) is 0 Å². The van der Waals surface area contributed by atoms with Crippen molar-refractivity contribution in [2.75, 3.05) is 12.4 Å². The van der Waals surface area contributed by atoms with E-state index in [4.69, 9.17) is 15.9 Å². The van der Waals surface area contributed by atoms with Crippen molar-refractivity contribution in [2.24, 2.45) is 5.73 Å². The van der Waals surface area contributed by atoms with Crippen LogP contribution in [-0.2, 0) is 0 Å². The van der Waals surface area contributed by atoms with Gasteiger partial charge in [-0.2, -0.15) is 0 Å². The van der Waals surface area contributed by atoms with Crippen molar-refractivity contribution in [1.82, 2.24) is 0 Å². The molecule has 0 aromatic heterocycles. The number of hydrogen-bond donors (Lipinski definition) is 3. The second-order valence-electron chi connectivity index (χ2n) is 3.63. The molecule has 90 valence electrons. The predicted molar refractivity (Wildman–Crippen MR) is 62.8 cm³/mol. The third-order valence-electron chi connectivity index (χ3n) is 2.12. The summed E-state index contributed by atoms with van der Waals surface area (Å²) in [5.41, 5.74) is 6.37. The van der Waals surface area contributed by atoms with Crippen molar-refractivity contribution in [3.8, 4) is 0 Å². The monoisotopic (exact) mass is 245 g/mol. The van der Waals surface area contributed by atoms with Crippen LogP contribution in [0.3, 0.4) is 0 Å². The Bertz CT molecular complexity index is 347. The fraction of sp³-hybridized carbons (Fsp3) is 0.455. The molecule has 0 heterocycles. The summed E-state index contributed by atoms with van der Waals surface area (Å²) in [7, 11) is 0. The Labute approximate surface area is 98.5 Å². The first kappa shape index (κ1) is 13.4. The molecule has 0 saturated carbocycles. The largest absolute Gasteiger partial charge is 0.394 e. The van der Waals surface area contributed by atoms with Crippen molar-refractivity contribution >= 4 is 11.8 Å². The second kappa shape index (κ2) is 6.20. The summed E-state index contributed by atoms with van der Waals surface area (Å²) in [6.07, 6.45) is -0.822. The minimum atomic E-state index is -0.822. The number of nitrogens with two attached hydrogens (primary N) is 1. The number of halogens is 1. The van der Waals surface area contributed by atoms with E-state index in [1.807, 2.05) is 0 Å². The first-order valence-corrected chi connectivity index (χ1v) is 6.00. The molecule has 0 aliphatic rings. The molecule has 16 heavy (non-hydrogen) atoms. The smallest absolute Gasteiger partial charge is 0.137 e. The highest BCUT2D eigenvalue weighted by molar-refractivity contribution is 7.99. The first-order chi connectivity index (χ1) is 7.54. The van der Waals surface area contributed by atoms with Crippen LogP contribution < -0.4 is 5.73 Å². The molecule has 0 bridgehead atoms. The molecule has 0 saturated heterocycles. The normalized spacial score (nSPS) is 14.8. The van der Waals surface area contributed by atoms with E-state index in [0.717, 1.165) is 5.56 Å². The topological polar surface area (TPSA) is 66.5 Å². The number of rotatable bonds is 5. The van der Waals surface area contributed by atoms with Gasteiger partial charge in [0, 0.05) is 16.7 Å². The van der Waals surface area contributed by atoms with Crippen molar-refractivity contribution in [3.05, 3.63) is 29.6 Å². The molecule has 0 amide bonds.